The second kappa shape index (κ2) is 25.9. The van der Waals surface area contributed by atoms with E-state index in [1.165, 1.54) is 11.3 Å². The maximum absolute atomic E-state index is 14.2. The zero-order valence-corrected chi connectivity index (χ0v) is 41.5. The van der Waals surface area contributed by atoms with Crippen molar-refractivity contribution >= 4 is 45.0 Å². The van der Waals surface area contributed by atoms with E-state index >= 15 is 0 Å². The minimum Gasteiger partial charge on any atom is -0.402 e. The van der Waals surface area contributed by atoms with E-state index in [9.17, 15) is 19.2 Å². The first-order valence-corrected chi connectivity index (χ1v) is 25.9. The third-order valence-electron chi connectivity index (χ3n) is 13.4. The molecule has 5 aromatic rings. The van der Waals surface area contributed by atoms with Crippen LogP contribution in [0.4, 0.5) is 0 Å². The Balaban J connectivity index is 1.39. The summed E-state index contributed by atoms with van der Waals surface area (Å²) < 4.78 is 11.6. The molecule has 4 unspecified atom stereocenters. The highest BCUT2D eigenvalue weighted by atomic mass is 32.1. The molecule has 0 aliphatic heterocycles. The maximum Gasteiger partial charge on any atom is 0.347 e. The second-order valence-corrected chi connectivity index (χ2v) is 19.4. The zero-order chi connectivity index (χ0) is 46.9. The highest BCUT2D eigenvalue weighted by molar-refractivity contribution is 7.18. The van der Waals surface area contributed by atoms with Crippen LogP contribution in [0.2, 0.25) is 0 Å². The van der Waals surface area contributed by atoms with Crippen molar-refractivity contribution in [3.8, 4) is 21.5 Å². The van der Waals surface area contributed by atoms with Gasteiger partial charge in [0.2, 0.25) is 11.8 Å². The number of nitrogens with zero attached hydrogens (tertiary/aromatic N) is 4. The number of fused-ring (bicyclic) bond motifs is 2. The lowest BCUT2D eigenvalue weighted by atomic mass is 9.95. The molecule has 354 valence electrons. The van der Waals surface area contributed by atoms with Crippen molar-refractivity contribution in [2.24, 2.45) is 23.7 Å². The number of carbonyl (C=O) groups excluding carboxylic acids is 2. The van der Waals surface area contributed by atoms with E-state index in [0.29, 0.717) is 81.8 Å². The van der Waals surface area contributed by atoms with Gasteiger partial charge in [0.05, 0.1) is 31.6 Å². The predicted molar refractivity (Wildman–Crippen MR) is 268 cm³/mol. The summed E-state index contributed by atoms with van der Waals surface area (Å²) in [5.41, 5.74) is 0.604. The summed E-state index contributed by atoms with van der Waals surface area (Å²) in [7, 11) is 0. The van der Waals surface area contributed by atoms with Crippen LogP contribution in [-0.2, 0) is 0 Å². The number of hydrogen-bond acceptors (Lipinski definition) is 9. The fourth-order valence-corrected chi connectivity index (χ4v) is 9.81. The molecule has 5 rings (SSSR count). The van der Waals surface area contributed by atoms with Crippen LogP contribution >= 0.6 is 11.3 Å². The van der Waals surface area contributed by atoms with Crippen molar-refractivity contribution < 1.29 is 18.4 Å². The van der Waals surface area contributed by atoms with E-state index in [4.69, 9.17) is 18.8 Å². The number of carbonyl (C=O) groups is 2. The molecular formula is C54H76N4O6S. The van der Waals surface area contributed by atoms with Crippen molar-refractivity contribution in [2.75, 3.05) is 26.2 Å². The van der Waals surface area contributed by atoms with Gasteiger partial charge in [-0.2, -0.15) is 0 Å². The minimum absolute atomic E-state index is 0.0665. The van der Waals surface area contributed by atoms with E-state index in [1.807, 2.05) is 9.80 Å². The van der Waals surface area contributed by atoms with Crippen molar-refractivity contribution in [2.45, 2.75) is 158 Å². The highest BCUT2D eigenvalue weighted by Gasteiger charge is 2.26. The van der Waals surface area contributed by atoms with Gasteiger partial charge in [-0.05, 0) is 97.9 Å². The molecule has 11 heteroatoms. The number of unbranched alkanes of at least 4 members (excludes halogenated alkanes) is 4. The molecule has 0 saturated carbocycles. The molecule has 0 fully saturated rings. The van der Waals surface area contributed by atoms with Crippen LogP contribution in [0.15, 0.2) is 67.0 Å². The fraction of sp³-hybridized carbons (Fsp3) is 0.593. The van der Waals surface area contributed by atoms with E-state index in [0.717, 1.165) is 103 Å². The second-order valence-electron chi connectivity index (χ2n) is 18.3. The van der Waals surface area contributed by atoms with Crippen LogP contribution in [0.1, 0.15) is 179 Å². The van der Waals surface area contributed by atoms with Crippen LogP contribution in [0.5, 0.6) is 0 Å². The molecule has 0 spiro atoms. The van der Waals surface area contributed by atoms with Gasteiger partial charge < -0.3 is 18.6 Å². The molecule has 0 N–H and O–H groups in total. The summed E-state index contributed by atoms with van der Waals surface area (Å²) >= 11 is 1.24. The van der Waals surface area contributed by atoms with Gasteiger partial charge in [0.15, 0.2) is 0 Å². The van der Waals surface area contributed by atoms with E-state index in [-0.39, 0.29) is 34.4 Å². The molecule has 65 heavy (non-hydrogen) atoms. The topological polar surface area (TPSA) is 127 Å². The SMILES string of the molecule is CCCCC(CC)CN(CC(CC)CCCC)C(=O)c1ccc2nc(-c3ccc(-c4nc5ccc(C(=O)N(CC(CC)CCCC)CC(CC)CCCC)cc5c(=O)o4)s3)oc(=O)c2c1. The lowest BCUT2D eigenvalue weighted by Crippen LogP contribution is -2.39. The fourth-order valence-electron chi connectivity index (χ4n) is 8.95. The van der Waals surface area contributed by atoms with Crippen LogP contribution < -0.4 is 11.3 Å². The largest absolute Gasteiger partial charge is 0.402 e. The first-order valence-electron chi connectivity index (χ1n) is 25.1. The van der Waals surface area contributed by atoms with Crippen molar-refractivity contribution in [1.29, 1.82) is 0 Å². The molecule has 0 bridgehead atoms. The molecule has 0 aliphatic rings. The average Bonchev–Trinajstić information content (AvgIpc) is 3.83. The quantitative estimate of drug-likeness (QED) is 0.0485. The van der Waals surface area contributed by atoms with Crippen LogP contribution in [0, 0.1) is 23.7 Å². The summed E-state index contributed by atoms with van der Waals surface area (Å²) in [6.45, 7) is 20.4. The minimum atomic E-state index is -0.582. The zero-order valence-electron chi connectivity index (χ0n) is 40.7. The number of amides is 2. The molecule has 0 aliphatic carbocycles. The molecule has 10 nitrogen and oxygen atoms in total. The van der Waals surface area contributed by atoms with Gasteiger partial charge in [-0.15, -0.1) is 11.3 Å². The van der Waals surface area contributed by atoms with Gasteiger partial charge in [-0.25, -0.2) is 19.6 Å². The summed E-state index contributed by atoms with van der Waals surface area (Å²) in [4.78, 5) is 70.2. The number of thiophene rings is 1. The lowest BCUT2D eigenvalue weighted by molar-refractivity contribution is 0.0678. The Bertz CT molecular complexity index is 2200. The third-order valence-corrected chi connectivity index (χ3v) is 14.5. The summed E-state index contributed by atoms with van der Waals surface area (Å²) in [5.74, 6) is 1.79. The predicted octanol–water partition coefficient (Wildman–Crippen LogP) is 13.8. The van der Waals surface area contributed by atoms with Crippen LogP contribution in [-0.4, -0.2) is 57.8 Å². The summed E-state index contributed by atoms with van der Waals surface area (Å²) in [5, 5.41) is 0.498. The Hall–Kier alpha value is -4.64. The molecule has 3 heterocycles. The Kier molecular flexibility index (Phi) is 20.5. The monoisotopic (exact) mass is 909 g/mol. The van der Waals surface area contributed by atoms with Gasteiger partial charge in [0, 0.05) is 37.3 Å². The number of aromatic nitrogens is 2. The average molecular weight is 909 g/mol. The van der Waals surface area contributed by atoms with E-state index in [2.05, 4.69) is 55.4 Å². The standard InChI is InChI=1S/C54H76N4O6S/c1-9-17-21-37(13-5)33-57(34-38(14-6)22-18-10-2)51(59)41-25-27-45-43(31-41)53(61)63-49(55-45)47-29-30-48(65-47)50-56-46-28-26-42(32-44(46)54(62)64-50)52(60)58(35-39(15-7)23-19-11-3)36-40(16-8)24-20-12-4/h25-32,37-40H,9-24,33-36H2,1-8H3. The van der Waals surface area contributed by atoms with Crippen LogP contribution in [0.25, 0.3) is 43.3 Å². The molecule has 0 radical (unpaired) electrons. The lowest BCUT2D eigenvalue weighted by Gasteiger charge is -2.31. The van der Waals surface area contributed by atoms with Gasteiger partial charge in [0.25, 0.3) is 11.8 Å². The molecule has 2 aromatic carbocycles. The van der Waals surface area contributed by atoms with Gasteiger partial charge in [0.1, 0.15) is 0 Å². The summed E-state index contributed by atoms with van der Waals surface area (Å²) in [6.07, 6.45) is 17.4. The maximum atomic E-state index is 14.2. The Morgan fingerprint density at radius 3 is 1.12 bits per heavy atom. The Morgan fingerprint density at radius 1 is 0.508 bits per heavy atom. The molecule has 0 saturated heterocycles. The van der Waals surface area contributed by atoms with Crippen molar-refractivity contribution in [3.05, 3.63) is 80.5 Å². The van der Waals surface area contributed by atoms with Crippen molar-refractivity contribution in [1.82, 2.24) is 19.8 Å². The first kappa shape index (κ1) is 51.3. The smallest absolute Gasteiger partial charge is 0.347 e. The highest BCUT2D eigenvalue weighted by Crippen LogP contribution is 2.34. The molecule has 4 atom stereocenters. The Morgan fingerprint density at radius 2 is 0.831 bits per heavy atom. The third kappa shape index (κ3) is 13.9. The van der Waals surface area contributed by atoms with Crippen molar-refractivity contribution in [3.63, 3.8) is 0 Å². The van der Waals surface area contributed by atoms with Crippen LogP contribution in [0.3, 0.4) is 0 Å². The molecular weight excluding hydrogens is 833 g/mol. The molecule has 3 aromatic heterocycles. The van der Waals surface area contributed by atoms with E-state index in [1.54, 1.807) is 48.5 Å². The summed E-state index contributed by atoms with van der Waals surface area (Å²) in [6, 6.07) is 13.8. The van der Waals surface area contributed by atoms with E-state index < -0.39 is 11.3 Å². The van der Waals surface area contributed by atoms with Gasteiger partial charge in [-0.1, -0.05) is 132 Å². The van der Waals surface area contributed by atoms with Gasteiger partial charge in [-0.3, -0.25) is 9.59 Å². The molecule has 2 amide bonds. The normalized spacial score (nSPS) is 13.5. The Labute approximate surface area is 391 Å². The number of benzene rings is 2. The number of rotatable bonds is 28. The first-order chi connectivity index (χ1) is 31.5. The van der Waals surface area contributed by atoms with Gasteiger partial charge >= 0.3 is 11.3 Å². The number of hydrogen-bond donors (Lipinski definition) is 0.